The van der Waals surface area contributed by atoms with Crippen molar-refractivity contribution in [2.45, 2.75) is 38.8 Å². The lowest BCUT2D eigenvalue weighted by atomic mass is 10.1. The summed E-state index contributed by atoms with van der Waals surface area (Å²) in [4.78, 5) is 38.8. The van der Waals surface area contributed by atoms with Crippen LogP contribution in [0.5, 0.6) is 5.75 Å². The number of nitrogens with one attached hydrogen (secondary N) is 1. The Bertz CT molecular complexity index is 898. The summed E-state index contributed by atoms with van der Waals surface area (Å²) >= 11 is 0. The first kappa shape index (κ1) is 22.3. The summed E-state index contributed by atoms with van der Waals surface area (Å²) in [5, 5.41) is 2.71. The molecule has 31 heavy (non-hydrogen) atoms. The summed E-state index contributed by atoms with van der Waals surface area (Å²) in [6.45, 7) is 4.48. The molecule has 7 heteroatoms. The number of esters is 1. The average Bonchev–Trinajstić information content (AvgIpc) is 2.79. The van der Waals surface area contributed by atoms with Gasteiger partial charge >= 0.3 is 5.97 Å². The van der Waals surface area contributed by atoms with E-state index in [0.29, 0.717) is 31.9 Å². The standard InChI is InChI=1S/C24H28N2O5/c1-3-15-30-22(27)16-21-23(28)25-13-14-26(21)24(29)17(2)31-20-11-9-19(10-12-20)18-7-5-4-6-8-18/h4-12,17,21H,3,13-16H2,1-2H3,(H,25,28). The van der Waals surface area contributed by atoms with E-state index < -0.39 is 18.1 Å². The molecule has 164 valence electrons. The molecule has 1 heterocycles. The highest BCUT2D eigenvalue weighted by atomic mass is 16.5. The molecule has 2 atom stereocenters. The second-order valence-corrected chi connectivity index (χ2v) is 7.41. The molecule has 0 aliphatic carbocycles. The van der Waals surface area contributed by atoms with Gasteiger partial charge in [0, 0.05) is 13.1 Å². The number of hydrogen-bond acceptors (Lipinski definition) is 5. The molecule has 2 amide bonds. The van der Waals surface area contributed by atoms with Crippen LogP contribution < -0.4 is 10.1 Å². The summed E-state index contributed by atoms with van der Waals surface area (Å²) in [6, 6.07) is 16.6. The number of ether oxygens (including phenoxy) is 2. The Hall–Kier alpha value is -3.35. The second-order valence-electron chi connectivity index (χ2n) is 7.41. The molecule has 1 aliphatic rings. The van der Waals surface area contributed by atoms with Crippen molar-refractivity contribution >= 4 is 17.8 Å². The van der Waals surface area contributed by atoms with Gasteiger partial charge in [-0.1, -0.05) is 49.4 Å². The molecule has 0 spiro atoms. The Morgan fingerprint density at radius 1 is 1.10 bits per heavy atom. The predicted octanol–water partition coefficient (Wildman–Crippen LogP) is 2.79. The highest BCUT2D eigenvalue weighted by molar-refractivity contribution is 5.93. The quantitative estimate of drug-likeness (QED) is 0.659. The van der Waals surface area contributed by atoms with Crippen LogP contribution in [0.25, 0.3) is 11.1 Å². The zero-order valence-electron chi connectivity index (χ0n) is 17.9. The van der Waals surface area contributed by atoms with Gasteiger partial charge in [-0.15, -0.1) is 0 Å². The normalized spacial score (nSPS) is 16.9. The fourth-order valence-electron chi connectivity index (χ4n) is 3.46. The molecule has 0 aromatic heterocycles. The van der Waals surface area contributed by atoms with Crippen LogP contribution in [0.4, 0.5) is 0 Å². The van der Waals surface area contributed by atoms with E-state index in [9.17, 15) is 14.4 Å². The minimum absolute atomic E-state index is 0.171. The maximum Gasteiger partial charge on any atom is 0.308 e. The predicted molar refractivity (Wildman–Crippen MR) is 116 cm³/mol. The molecule has 1 N–H and O–H groups in total. The van der Waals surface area contributed by atoms with E-state index >= 15 is 0 Å². The van der Waals surface area contributed by atoms with Crippen LogP contribution in [0.1, 0.15) is 26.7 Å². The van der Waals surface area contributed by atoms with Crippen molar-refractivity contribution in [2.24, 2.45) is 0 Å². The summed E-state index contributed by atoms with van der Waals surface area (Å²) in [7, 11) is 0. The number of piperazine rings is 1. The van der Waals surface area contributed by atoms with Crippen molar-refractivity contribution in [1.29, 1.82) is 0 Å². The van der Waals surface area contributed by atoms with Gasteiger partial charge in [0.2, 0.25) is 5.91 Å². The van der Waals surface area contributed by atoms with Crippen LogP contribution in [0.15, 0.2) is 54.6 Å². The molecule has 2 unspecified atom stereocenters. The zero-order chi connectivity index (χ0) is 22.2. The van der Waals surface area contributed by atoms with Gasteiger partial charge in [0.05, 0.1) is 13.0 Å². The first-order valence-electron chi connectivity index (χ1n) is 10.6. The lowest BCUT2D eigenvalue weighted by Gasteiger charge is -2.36. The van der Waals surface area contributed by atoms with Crippen molar-refractivity contribution in [3.8, 4) is 16.9 Å². The Balaban J connectivity index is 1.64. The van der Waals surface area contributed by atoms with Crippen molar-refractivity contribution in [3.63, 3.8) is 0 Å². The average molecular weight is 424 g/mol. The summed E-state index contributed by atoms with van der Waals surface area (Å²) in [5.41, 5.74) is 2.14. The largest absolute Gasteiger partial charge is 0.481 e. The smallest absolute Gasteiger partial charge is 0.308 e. The molecular formula is C24H28N2O5. The number of nitrogens with zero attached hydrogens (tertiary/aromatic N) is 1. The van der Waals surface area contributed by atoms with Crippen molar-refractivity contribution < 1.29 is 23.9 Å². The lowest BCUT2D eigenvalue weighted by molar-refractivity contribution is -0.154. The summed E-state index contributed by atoms with van der Waals surface area (Å²) in [6.07, 6.45) is -0.280. The van der Waals surface area contributed by atoms with Crippen molar-refractivity contribution in [1.82, 2.24) is 10.2 Å². The highest BCUT2D eigenvalue weighted by Crippen LogP contribution is 2.23. The van der Waals surface area contributed by atoms with Gasteiger partial charge in [-0.25, -0.2) is 0 Å². The molecule has 1 fully saturated rings. The number of rotatable bonds is 8. The molecule has 7 nitrogen and oxygen atoms in total. The molecule has 3 rings (SSSR count). The Labute approximate surface area is 182 Å². The maximum atomic E-state index is 13.0. The Morgan fingerprint density at radius 3 is 2.45 bits per heavy atom. The Kier molecular flexibility index (Phi) is 7.65. The number of benzene rings is 2. The minimum atomic E-state index is -0.892. The van der Waals surface area contributed by atoms with E-state index in [4.69, 9.17) is 9.47 Å². The van der Waals surface area contributed by atoms with Crippen LogP contribution in [-0.4, -0.2) is 54.5 Å². The van der Waals surface area contributed by atoms with Gasteiger partial charge in [-0.2, -0.15) is 0 Å². The summed E-state index contributed by atoms with van der Waals surface area (Å²) < 4.78 is 10.9. The first-order valence-corrected chi connectivity index (χ1v) is 10.6. The van der Waals surface area contributed by atoms with Gasteiger partial charge in [0.15, 0.2) is 6.10 Å². The fraction of sp³-hybridized carbons (Fsp3) is 0.375. The topological polar surface area (TPSA) is 84.9 Å². The van der Waals surface area contributed by atoms with Gasteiger partial charge in [0.1, 0.15) is 11.8 Å². The SMILES string of the molecule is CCCOC(=O)CC1C(=O)NCCN1C(=O)C(C)Oc1ccc(-c2ccccc2)cc1. The minimum Gasteiger partial charge on any atom is -0.481 e. The molecule has 0 saturated carbocycles. The zero-order valence-corrected chi connectivity index (χ0v) is 17.9. The lowest BCUT2D eigenvalue weighted by Crippen LogP contribution is -2.60. The third-order valence-corrected chi connectivity index (χ3v) is 5.06. The highest BCUT2D eigenvalue weighted by Gasteiger charge is 2.37. The van der Waals surface area contributed by atoms with E-state index in [1.165, 1.54) is 4.90 Å². The Morgan fingerprint density at radius 2 is 1.77 bits per heavy atom. The molecule has 1 saturated heterocycles. The molecule has 2 aromatic rings. The number of amides is 2. The van der Waals surface area contributed by atoms with Gasteiger partial charge in [-0.3, -0.25) is 14.4 Å². The number of carbonyl (C=O) groups is 3. The van der Waals surface area contributed by atoms with Crippen LogP contribution in [-0.2, 0) is 19.1 Å². The van der Waals surface area contributed by atoms with E-state index in [1.807, 2.05) is 61.5 Å². The van der Waals surface area contributed by atoms with Gasteiger partial charge in [-0.05, 0) is 36.6 Å². The van der Waals surface area contributed by atoms with E-state index in [-0.39, 0.29) is 18.2 Å². The first-order chi connectivity index (χ1) is 15.0. The maximum absolute atomic E-state index is 13.0. The van der Waals surface area contributed by atoms with Crippen molar-refractivity contribution in [3.05, 3.63) is 54.6 Å². The monoisotopic (exact) mass is 424 g/mol. The molecule has 0 radical (unpaired) electrons. The van der Waals surface area contributed by atoms with Crippen molar-refractivity contribution in [2.75, 3.05) is 19.7 Å². The van der Waals surface area contributed by atoms with E-state index in [1.54, 1.807) is 6.92 Å². The third kappa shape index (κ3) is 5.84. The number of hydrogen-bond donors (Lipinski definition) is 1. The van der Waals surface area contributed by atoms with E-state index in [2.05, 4.69) is 5.32 Å². The number of carbonyl (C=O) groups excluding carboxylic acids is 3. The van der Waals surface area contributed by atoms with E-state index in [0.717, 1.165) is 11.1 Å². The van der Waals surface area contributed by atoms with Crippen LogP contribution in [0.3, 0.4) is 0 Å². The van der Waals surface area contributed by atoms with Gasteiger partial charge < -0.3 is 19.7 Å². The second kappa shape index (κ2) is 10.6. The van der Waals surface area contributed by atoms with Gasteiger partial charge in [0.25, 0.3) is 5.91 Å². The third-order valence-electron chi connectivity index (χ3n) is 5.06. The fourth-order valence-corrected chi connectivity index (χ4v) is 3.46. The summed E-state index contributed by atoms with van der Waals surface area (Å²) in [5.74, 6) is -0.629. The van der Waals surface area contributed by atoms with Crippen LogP contribution >= 0.6 is 0 Å². The molecule has 0 bridgehead atoms. The van der Waals surface area contributed by atoms with Crippen LogP contribution in [0.2, 0.25) is 0 Å². The van der Waals surface area contributed by atoms with Crippen LogP contribution in [0, 0.1) is 0 Å². The molecule has 2 aromatic carbocycles. The molecular weight excluding hydrogens is 396 g/mol. The molecule has 1 aliphatic heterocycles.